The number of anilines is 1. The van der Waals surface area contributed by atoms with E-state index in [-0.39, 0.29) is 46.4 Å². The van der Waals surface area contributed by atoms with Gasteiger partial charge in [0.1, 0.15) is 0 Å². The minimum absolute atomic E-state index is 0. The van der Waals surface area contributed by atoms with Crippen molar-refractivity contribution in [1.82, 2.24) is 0 Å². The molecule has 1 radical (unpaired) electrons. The Kier molecular flexibility index (Phi) is 3.15. The Balaban J connectivity index is 0.000000980. The van der Waals surface area contributed by atoms with Crippen molar-refractivity contribution in [3.8, 4) is 0 Å². The van der Waals surface area contributed by atoms with Gasteiger partial charge < -0.3 is 5.73 Å². The molecule has 5 nitrogen and oxygen atoms in total. The first-order chi connectivity index (χ1) is 6.20. The number of carbonyl (C=O) groups is 2. The van der Waals surface area contributed by atoms with E-state index in [2.05, 4.69) is 10.2 Å². The predicted molar refractivity (Wildman–Crippen MR) is 50.1 cm³/mol. The summed E-state index contributed by atoms with van der Waals surface area (Å²) in [4.78, 5) is 22.3. The SMILES string of the molecule is Nc1cccc2c1C(=O)N=NC2=O.[Na]. The summed E-state index contributed by atoms with van der Waals surface area (Å²) in [5.74, 6) is -1.09. The summed E-state index contributed by atoms with van der Waals surface area (Å²) < 4.78 is 0. The zero-order chi connectivity index (χ0) is 9.42. The molecule has 0 saturated carbocycles. The first kappa shape index (κ1) is 11.0. The van der Waals surface area contributed by atoms with Crippen LogP contribution in [0.15, 0.2) is 28.4 Å². The molecule has 6 heteroatoms. The summed E-state index contributed by atoms with van der Waals surface area (Å²) in [5.41, 5.74) is 6.16. The fraction of sp³-hybridized carbons (Fsp3) is 0. The molecule has 1 aliphatic rings. The van der Waals surface area contributed by atoms with E-state index >= 15 is 0 Å². The molecule has 2 amide bonds. The molecule has 0 unspecified atom stereocenters. The fourth-order valence-corrected chi connectivity index (χ4v) is 1.18. The zero-order valence-corrected chi connectivity index (χ0v) is 9.52. The van der Waals surface area contributed by atoms with Crippen LogP contribution in [0, 0.1) is 0 Å². The number of amides is 2. The van der Waals surface area contributed by atoms with E-state index in [0.717, 1.165) is 0 Å². The van der Waals surface area contributed by atoms with Gasteiger partial charge in [0.2, 0.25) is 0 Å². The van der Waals surface area contributed by atoms with Gasteiger partial charge in [-0.25, -0.2) is 0 Å². The largest absolute Gasteiger partial charge is 0.398 e. The molecular weight excluding hydrogens is 193 g/mol. The monoisotopic (exact) mass is 198 g/mol. The summed E-state index contributed by atoms with van der Waals surface area (Å²) in [7, 11) is 0. The standard InChI is InChI=1S/C8H5N3O2.Na/c9-5-3-1-2-4-6(5)8(13)11-10-7(4)12;/h1-3H,9H2;. The van der Waals surface area contributed by atoms with Crippen molar-refractivity contribution >= 4 is 47.1 Å². The Morgan fingerprint density at radius 3 is 2.36 bits per heavy atom. The minimum atomic E-state index is -0.562. The number of carbonyl (C=O) groups excluding carboxylic acids is 2. The zero-order valence-electron chi connectivity index (χ0n) is 7.52. The smallest absolute Gasteiger partial charge is 0.298 e. The van der Waals surface area contributed by atoms with Crippen molar-refractivity contribution in [2.24, 2.45) is 10.2 Å². The molecule has 0 aliphatic carbocycles. The molecule has 0 aromatic heterocycles. The van der Waals surface area contributed by atoms with Crippen LogP contribution in [0.5, 0.6) is 0 Å². The number of nitrogens with zero attached hydrogens (tertiary/aromatic N) is 2. The van der Waals surface area contributed by atoms with E-state index in [1.807, 2.05) is 0 Å². The van der Waals surface area contributed by atoms with Gasteiger partial charge in [-0.15, -0.1) is 10.2 Å². The van der Waals surface area contributed by atoms with Crippen LogP contribution in [0.1, 0.15) is 20.7 Å². The van der Waals surface area contributed by atoms with Crippen LogP contribution in [0.3, 0.4) is 0 Å². The summed E-state index contributed by atoms with van der Waals surface area (Å²) in [6, 6.07) is 4.65. The maximum Gasteiger partial charge on any atom is 0.298 e. The normalized spacial score (nSPS) is 13.4. The molecule has 1 aromatic carbocycles. The third kappa shape index (κ3) is 1.61. The summed E-state index contributed by atoms with van der Waals surface area (Å²) in [6.07, 6.45) is 0. The molecule has 0 spiro atoms. The molecule has 1 aliphatic heterocycles. The second-order valence-corrected chi connectivity index (χ2v) is 2.58. The van der Waals surface area contributed by atoms with Crippen LogP contribution in [-0.2, 0) is 0 Å². The number of azo groups is 1. The Hall–Kier alpha value is -1.04. The van der Waals surface area contributed by atoms with Crippen LogP contribution in [-0.4, -0.2) is 41.4 Å². The van der Waals surface area contributed by atoms with Gasteiger partial charge in [-0.1, -0.05) is 6.07 Å². The van der Waals surface area contributed by atoms with Gasteiger partial charge in [0.05, 0.1) is 11.1 Å². The second kappa shape index (κ2) is 4.00. The first-order valence-corrected chi connectivity index (χ1v) is 3.59. The van der Waals surface area contributed by atoms with Crippen molar-refractivity contribution in [2.45, 2.75) is 0 Å². The van der Waals surface area contributed by atoms with Crippen molar-refractivity contribution in [3.05, 3.63) is 29.3 Å². The van der Waals surface area contributed by atoms with E-state index in [0.29, 0.717) is 0 Å². The van der Waals surface area contributed by atoms with E-state index in [4.69, 9.17) is 5.73 Å². The average molecular weight is 198 g/mol. The van der Waals surface area contributed by atoms with E-state index < -0.39 is 11.8 Å². The third-order valence-corrected chi connectivity index (χ3v) is 1.77. The van der Waals surface area contributed by atoms with Crippen molar-refractivity contribution in [2.75, 3.05) is 5.73 Å². The molecule has 0 bridgehead atoms. The Morgan fingerprint density at radius 2 is 1.71 bits per heavy atom. The van der Waals surface area contributed by atoms with E-state index in [1.54, 1.807) is 12.1 Å². The molecule has 0 fully saturated rings. The van der Waals surface area contributed by atoms with Crippen LogP contribution in [0.2, 0.25) is 0 Å². The van der Waals surface area contributed by atoms with Gasteiger partial charge in [-0.05, 0) is 12.1 Å². The van der Waals surface area contributed by atoms with Crippen LogP contribution >= 0.6 is 0 Å². The molecule has 14 heavy (non-hydrogen) atoms. The molecule has 65 valence electrons. The number of fused-ring (bicyclic) bond motifs is 1. The number of nitrogen functional groups attached to an aromatic ring is 1. The number of benzene rings is 1. The van der Waals surface area contributed by atoms with Crippen LogP contribution < -0.4 is 5.73 Å². The molecule has 0 atom stereocenters. The topological polar surface area (TPSA) is 84.9 Å². The van der Waals surface area contributed by atoms with Crippen molar-refractivity contribution < 1.29 is 9.59 Å². The molecule has 1 aromatic rings. The van der Waals surface area contributed by atoms with Crippen molar-refractivity contribution in [1.29, 1.82) is 0 Å². The minimum Gasteiger partial charge on any atom is -0.398 e. The third-order valence-electron chi connectivity index (χ3n) is 1.77. The maximum absolute atomic E-state index is 11.2. The van der Waals surface area contributed by atoms with Gasteiger partial charge in [0.25, 0.3) is 11.8 Å². The molecule has 2 rings (SSSR count). The fourth-order valence-electron chi connectivity index (χ4n) is 1.18. The Labute approximate surface area is 102 Å². The molecule has 1 heterocycles. The summed E-state index contributed by atoms with van der Waals surface area (Å²) in [6.45, 7) is 0. The molecule has 0 saturated heterocycles. The maximum atomic E-state index is 11.2. The molecule has 2 N–H and O–H groups in total. The van der Waals surface area contributed by atoms with E-state index in [1.165, 1.54) is 6.07 Å². The first-order valence-electron chi connectivity index (χ1n) is 3.59. The average Bonchev–Trinajstić information content (AvgIpc) is 2.12. The summed E-state index contributed by atoms with van der Waals surface area (Å²) in [5, 5.41) is 6.34. The van der Waals surface area contributed by atoms with Crippen LogP contribution in [0.4, 0.5) is 5.69 Å². The number of hydrogen-bond acceptors (Lipinski definition) is 3. The van der Waals surface area contributed by atoms with Gasteiger partial charge in [0.15, 0.2) is 0 Å². The van der Waals surface area contributed by atoms with Gasteiger partial charge in [-0.3, -0.25) is 9.59 Å². The Morgan fingerprint density at radius 1 is 1.07 bits per heavy atom. The summed E-state index contributed by atoms with van der Waals surface area (Å²) >= 11 is 0. The van der Waals surface area contributed by atoms with Crippen LogP contribution in [0.25, 0.3) is 0 Å². The van der Waals surface area contributed by atoms with E-state index in [9.17, 15) is 9.59 Å². The van der Waals surface area contributed by atoms with Crippen molar-refractivity contribution in [3.63, 3.8) is 0 Å². The predicted octanol–water partition coefficient (Wildman–Crippen LogP) is 0.634. The second-order valence-electron chi connectivity index (χ2n) is 2.58. The number of nitrogens with two attached hydrogens (primary N) is 1. The quantitative estimate of drug-likeness (QED) is 0.490. The number of hydrogen-bond donors (Lipinski definition) is 1. The van der Waals surface area contributed by atoms with Gasteiger partial charge >= 0.3 is 0 Å². The van der Waals surface area contributed by atoms with Gasteiger partial charge in [0, 0.05) is 35.2 Å². The Bertz CT molecular complexity index is 442. The molecular formula is C8H5N3NaO2. The van der Waals surface area contributed by atoms with Gasteiger partial charge in [-0.2, -0.15) is 0 Å². The number of rotatable bonds is 0.